The Kier molecular flexibility index (Phi) is 12.4. The molecule has 1 saturated carbocycles. The number of rotatable bonds is 9. The number of Topliss-reactive ketones (excluding diaryl/α,β-unsaturated/α-hetero) is 1. The normalized spacial score (nSPS) is 19.3. The monoisotopic (exact) mass is 509 g/mol. The van der Waals surface area contributed by atoms with Gasteiger partial charge in [-0.3, -0.25) is 19.2 Å². The quantitative estimate of drug-likeness (QED) is 0.352. The zero-order chi connectivity index (χ0) is 27.6. The second kappa shape index (κ2) is 14.2. The van der Waals surface area contributed by atoms with Crippen molar-refractivity contribution >= 4 is 29.5 Å². The summed E-state index contributed by atoms with van der Waals surface area (Å²) in [5.74, 6) is -2.44. The van der Waals surface area contributed by atoms with Crippen molar-refractivity contribution in [2.75, 3.05) is 6.54 Å². The van der Waals surface area contributed by atoms with Crippen LogP contribution in [0.1, 0.15) is 93.4 Å². The van der Waals surface area contributed by atoms with Gasteiger partial charge in [-0.25, -0.2) is 4.79 Å². The molecule has 2 fully saturated rings. The topological polar surface area (TPSA) is 151 Å². The van der Waals surface area contributed by atoms with Crippen molar-refractivity contribution in [2.45, 2.75) is 118 Å². The molecule has 206 valence electrons. The van der Waals surface area contributed by atoms with Gasteiger partial charge in [0, 0.05) is 12.6 Å². The van der Waals surface area contributed by atoms with Crippen LogP contribution in [0.4, 0.5) is 4.79 Å². The predicted octanol–water partition coefficient (Wildman–Crippen LogP) is 2.25. The number of nitrogens with one attached hydrogen (secondary N) is 3. The Hall–Kier alpha value is -2.65. The number of hydrogen-bond acceptors (Lipinski definition) is 5. The van der Waals surface area contributed by atoms with E-state index in [1.807, 2.05) is 34.6 Å². The third kappa shape index (κ3) is 9.43. The van der Waals surface area contributed by atoms with Gasteiger partial charge in [0.15, 0.2) is 0 Å². The molecule has 10 heteroatoms. The Morgan fingerprint density at radius 1 is 0.944 bits per heavy atom. The van der Waals surface area contributed by atoms with E-state index >= 15 is 0 Å². The lowest BCUT2D eigenvalue weighted by atomic mass is 9.80. The summed E-state index contributed by atoms with van der Waals surface area (Å²) in [5, 5.41) is 8.16. The van der Waals surface area contributed by atoms with Crippen molar-refractivity contribution in [2.24, 2.45) is 17.1 Å². The van der Waals surface area contributed by atoms with E-state index < -0.39 is 47.2 Å². The third-order valence-electron chi connectivity index (χ3n) is 6.32. The zero-order valence-corrected chi connectivity index (χ0v) is 23.1. The van der Waals surface area contributed by atoms with Crippen LogP contribution >= 0.6 is 0 Å². The Bertz CT molecular complexity index is 788. The Morgan fingerprint density at radius 2 is 1.53 bits per heavy atom. The number of ketones is 1. The fourth-order valence-corrected chi connectivity index (χ4v) is 4.29. The van der Waals surface area contributed by atoms with Crippen molar-refractivity contribution in [3.8, 4) is 0 Å². The number of primary amides is 1. The van der Waals surface area contributed by atoms with E-state index in [2.05, 4.69) is 29.8 Å². The molecule has 10 nitrogen and oxygen atoms in total. The highest BCUT2D eigenvalue weighted by atomic mass is 16.2. The summed E-state index contributed by atoms with van der Waals surface area (Å²) in [7, 11) is 0. The van der Waals surface area contributed by atoms with Crippen LogP contribution in [-0.2, 0) is 19.2 Å². The van der Waals surface area contributed by atoms with Crippen LogP contribution in [-0.4, -0.2) is 65.1 Å². The van der Waals surface area contributed by atoms with Gasteiger partial charge < -0.3 is 26.6 Å². The standard InChI is InChI=1S/C23H39N5O5.C3H8/c1-13(2)25-22(33)27-18(23(3,4)5)21(32)28-11-7-10-16(28)20(31)26-15(17(29)19(24)30)12-14-8-6-9-14;1-3-2/h13-16,18H,6-12H2,1-5H3,(H2,24,30)(H,26,31)(H2,25,27,33);3H2,1-2H3/t15?,16-,18+;/m0./s1. The molecule has 1 heterocycles. The van der Waals surface area contributed by atoms with Gasteiger partial charge in [-0.1, -0.05) is 60.3 Å². The van der Waals surface area contributed by atoms with Crippen LogP contribution in [0.2, 0.25) is 0 Å². The molecule has 0 aromatic heterocycles. The highest BCUT2D eigenvalue weighted by Gasteiger charge is 2.43. The van der Waals surface area contributed by atoms with Gasteiger partial charge in [0.25, 0.3) is 5.91 Å². The van der Waals surface area contributed by atoms with E-state index in [0.717, 1.165) is 19.3 Å². The molecule has 1 unspecified atom stereocenters. The molecule has 0 spiro atoms. The smallest absolute Gasteiger partial charge is 0.315 e. The van der Waals surface area contributed by atoms with Crippen LogP contribution in [0.3, 0.4) is 0 Å². The van der Waals surface area contributed by atoms with Crippen LogP contribution in [0.15, 0.2) is 0 Å². The lowest BCUT2D eigenvalue weighted by Gasteiger charge is -2.36. The molecule has 1 aliphatic heterocycles. The van der Waals surface area contributed by atoms with E-state index in [1.165, 1.54) is 11.3 Å². The number of urea groups is 1. The van der Waals surface area contributed by atoms with Crippen LogP contribution < -0.4 is 21.7 Å². The van der Waals surface area contributed by atoms with Gasteiger partial charge in [0.2, 0.25) is 17.6 Å². The molecular weight excluding hydrogens is 462 g/mol. The molecule has 1 aliphatic carbocycles. The average Bonchev–Trinajstić information content (AvgIpc) is 3.21. The maximum Gasteiger partial charge on any atom is 0.315 e. The van der Waals surface area contributed by atoms with E-state index in [-0.39, 0.29) is 17.9 Å². The Morgan fingerprint density at radius 3 is 1.97 bits per heavy atom. The minimum atomic E-state index is -1.08. The molecule has 0 aromatic carbocycles. The first-order valence-corrected chi connectivity index (χ1v) is 13.2. The van der Waals surface area contributed by atoms with E-state index in [9.17, 15) is 24.0 Å². The number of likely N-dealkylation sites (tertiary alicyclic amines) is 1. The number of hydrogen-bond donors (Lipinski definition) is 4. The van der Waals surface area contributed by atoms with Crippen molar-refractivity contribution in [1.82, 2.24) is 20.9 Å². The van der Waals surface area contributed by atoms with Crippen molar-refractivity contribution in [1.29, 1.82) is 0 Å². The van der Waals surface area contributed by atoms with Gasteiger partial charge in [-0.05, 0) is 44.4 Å². The molecule has 0 bridgehead atoms. The zero-order valence-electron chi connectivity index (χ0n) is 23.1. The molecule has 36 heavy (non-hydrogen) atoms. The van der Waals surface area contributed by atoms with Gasteiger partial charge in [-0.15, -0.1) is 0 Å². The minimum absolute atomic E-state index is 0.0959. The van der Waals surface area contributed by atoms with E-state index in [0.29, 0.717) is 25.8 Å². The molecular formula is C26H47N5O5. The first-order valence-electron chi connectivity index (χ1n) is 13.2. The van der Waals surface area contributed by atoms with Gasteiger partial charge in [0.05, 0.1) is 6.04 Å². The Balaban J connectivity index is 0.00000205. The average molecular weight is 510 g/mol. The van der Waals surface area contributed by atoms with Crippen LogP contribution in [0.25, 0.3) is 0 Å². The molecule has 2 rings (SSSR count). The van der Waals surface area contributed by atoms with E-state index in [4.69, 9.17) is 5.73 Å². The molecule has 2 aliphatic rings. The van der Waals surface area contributed by atoms with Gasteiger partial charge in [-0.2, -0.15) is 0 Å². The molecule has 0 radical (unpaired) electrons. The molecule has 0 aromatic rings. The largest absolute Gasteiger partial charge is 0.363 e. The number of nitrogens with zero attached hydrogens (tertiary/aromatic N) is 1. The Labute approximate surface area is 215 Å². The lowest BCUT2D eigenvalue weighted by molar-refractivity contribution is -0.143. The summed E-state index contributed by atoms with van der Waals surface area (Å²) >= 11 is 0. The number of nitrogens with two attached hydrogens (primary N) is 1. The van der Waals surface area contributed by atoms with Crippen molar-refractivity contribution < 1.29 is 24.0 Å². The van der Waals surface area contributed by atoms with Gasteiger partial charge >= 0.3 is 6.03 Å². The summed E-state index contributed by atoms with van der Waals surface area (Å²) < 4.78 is 0. The minimum Gasteiger partial charge on any atom is -0.363 e. The summed E-state index contributed by atoms with van der Waals surface area (Å²) in [6.07, 6.45) is 5.64. The lowest BCUT2D eigenvalue weighted by Crippen LogP contribution is -2.60. The molecule has 3 atom stereocenters. The summed E-state index contributed by atoms with van der Waals surface area (Å²) in [5.41, 5.74) is 4.60. The summed E-state index contributed by atoms with van der Waals surface area (Å²) in [4.78, 5) is 64.2. The SMILES string of the molecule is CC(C)NC(=O)N[C@H](C(=O)N1CCC[C@H]1C(=O)NC(CC1CCC1)C(=O)C(N)=O)C(C)(C)C.CCC. The number of carbonyl (C=O) groups excluding carboxylic acids is 5. The van der Waals surface area contributed by atoms with Crippen molar-refractivity contribution in [3.63, 3.8) is 0 Å². The van der Waals surface area contributed by atoms with Gasteiger partial charge in [0.1, 0.15) is 12.1 Å². The second-order valence-electron chi connectivity index (χ2n) is 11.3. The third-order valence-corrected chi connectivity index (χ3v) is 6.32. The second-order valence-corrected chi connectivity index (χ2v) is 11.3. The van der Waals surface area contributed by atoms with Crippen LogP contribution in [0, 0.1) is 11.3 Å². The number of amides is 5. The predicted molar refractivity (Wildman–Crippen MR) is 139 cm³/mol. The van der Waals surface area contributed by atoms with Crippen molar-refractivity contribution in [3.05, 3.63) is 0 Å². The highest BCUT2D eigenvalue weighted by molar-refractivity contribution is 6.37. The maximum absolute atomic E-state index is 13.5. The van der Waals surface area contributed by atoms with E-state index in [1.54, 1.807) is 0 Å². The molecule has 5 amide bonds. The maximum atomic E-state index is 13.5. The highest BCUT2D eigenvalue weighted by Crippen LogP contribution is 2.31. The summed E-state index contributed by atoms with van der Waals surface area (Å²) in [6.45, 7) is 13.8. The first-order chi connectivity index (χ1) is 16.7. The molecule has 5 N–H and O–H groups in total. The first kappa shape index (κ1) is 31.4. The van der Waals surface area contributed by atoms with Crippen LogP contribution in [0.5, 0.6) is 0 Å². The summed E-state index contributed by atoms with van der Waals surface area (Å²) in [6, 6.07) is -3.15. The fourth-order valence-electron chi connectivity index (χ4n) is 4.29. The fraction of sp³-hybridized carbons (Fsp3) is 0.808. The number of carbonyl (C=O) groups is 5. The molecule has 1 saturated heterocycles.